The molecule has 0 saturated heterocycles. The van der Waals surface area contributed by atoms with E-state index in [4.69, 9.17) is 0 Å². The molecule has 4 nitrogen and oxygen atoms in total. The SMILES string of the molecule is CCCCS(=O)(=O)N(C)C[C@@H](O)c1ccc(F)cc1. The number of nitrogens with zero attached hydrogens (tertiary/aromatic N) is 1. The number of rotatable bonds is 7. The van der Waals surface area contributed by atoms with Gasteiger partial charge < -0.3 is 5.11 Å². The number of halogens is 1. The molecule has 19 heavy (non-hydrogen) atoms. The maximum Gasteiger partial charge on any atom is 0.213 e. The van der Waals surface area contributed by atoms with Gasteiger partial charge in [-0.3, -0.25) is 0 Å². The van der Waals surface area contributed by atoms with E-state index in [1.54, 1.807) is 0 Å². The molecule has 0 fully saturated rings. The van der Waals surface area contributed by atoms with Crippen molar-refractivity contribution in [1.82, 2.24) is 4.31 Å². The van der Waals surface area contributed by atoms with Crippen LogP contribution in [-0.2, 0) is 10.0 Å². The van der Waals surface area contributed by atoms with Gasteiger partial charge in [0, 0.05) is 13.6 Å². The Balaban J connectivity index is 2.65. The molecule has 0 spiro atoms. The molecule has 0 aliphatic heterocycles. The molecule has 1 atom stereocenters. The van der Waals surface area contributed by atoms with Gasteiger partial charge in [-0.05, 0) is 24.1 Å². The summed E-state index contributed by atoms with van der Waals surface area (Å²) in [6, 6.07) is 5.38. The van der Waals surface area contributed by atoms with Crippen molar-refractivity contribution in [3.05, 3.63) is 35.6 Å². The van der Waals surface area contributed by atoms with Crippen molar-refractivity contribution < 1.29 is 17.9 Å². The predicted octanol–water partition coefficient (Wildman–Crippen LogP) is 1.92. The highest BCUT2D eigenvalue weighted by Gasteiger charge is 2.20. The third kappa shape index (κ3) is 4.89. The third-order valence-electron chi connectivity index (χ3n) is 2.92. The maximum atomic E-state index is 12.8. The Labute approximate surface area is 113 Å². The fourth-order valence-electron chi connectivity index (χ4n) is 1.63. The summed E-state index contributed by atoms with van der Waals surface area (Å²) in [6.07, 6.45) is 0.439. The smallest absolute Gasteiger partial charge is 0.213 e. The standard InChI is InChI=1S/C13H20FNO3S/c1-3-4-9-19(17,18)15(2)10-13(16)11-5-7-12(14)8-6-11/h5-8,13,16H,3-4,9-10H2,1-2H3/t13-/m1/s1. The second-order valence-electron chi connectivity index (χ2n) is 4.52. The fourth-order valence-corrected chi connectivity index (χ4v) is 2.96. The molecule has 0 bridgehead atoms. The molecule has 1 rings (SSSR count). The molecule has 0 aliphatic carbocycles. The minimum absolute atomic E-state index is 0.0301. The van der Waals surface area contributed by atoms with Crippen molar-refractivity contribution in [1.29, 1.82) is 0 Å². The van der Waals surface area contributed by atoms with Gasteiger partial charge in [-0.2, -0.15) is 0 Å². The van der Waals surface area contributed by atoms with Crippen LogP contribution in [0, 0.1) is 5.82 Å². The van der Waals surface area contributed by atoms with Gasteiger partial charge in [-0.1, -0.05) is 25.5 Å². The average Bonchev–Trinajstić information content (AvgIpc) is 2.37. The predicted molar refractivity (Wildman–Crippen MR) is 72.7 cm³/mol. The number of aliphatic hydroxyl groups is 1. The lowest BCUT2D eigenvalue weighted by Gasteiger charge is -2.20. The number of hydrogen-bond acceptors (Lipinski definition) is 3. The number of aliphatic hydroxyl groups excluding tert-OH is 1. The number of unbranched alkanes of at least 4 members (excludes halogenated alkanes) is 1. The maximum absolute atomic E-state index is 12.8. The number of sulfonamides is 1. The highest BCUT2D eigenvalue weighted by Crippen LogP contribution is 2.16. The van der Waals surface area contributed by atoms with Gasteiger partial charge in [-0.15, -0.1) is 0 Å². The van der Waals surface area contributed by atoms with Crippen LogP contribution in [0.3, 0.4) is 0 Å². The summed E-state index contributed by atoms with van der Waals surface area (Å²) in [6.45, 7) is 1.89. The largest absolute Gasteiger partial charge is 0.387 e. The van der Waals surface area contributed by atoms with Gasteiger partial charge in [0.25, 0.3) is 0 Å². The molecule has 6 heteroatoms. The first-order valence-electron chi connectivity index (χ1n) is 6.24. The van der Waals surface area contributed by atoms with Crippen LogP contribution in [0.2, 0.25) is 0 Å². The Morgan fingerprint density at radius 3 is 2.42 bits per heavy atom. The lowest BCUT2D eigenvalue weighted by atomic mass is 10.1. The molecule has 0 aliphatic rings. The van der Waals surface area contributed by atoms with E-state index in [0.717, 1.165) is 10.7 Å². The van der Waals surface area contributed by atoms with Gasteiger partial charge in [0.1, 0.15) is 5.82 Å². The summed E-state index contributed by atoms with van der Waals surface area (Å²) < 4.78 is 37.6. The molecule has 1 N–H and O–H groups in total. The Hall–Kier alpha value is -0.980. The van der Waals surface area contributed by atoms with E-state index >= 15 is 0 Å². The van der Waals surface area contributed by atoms with Crippen molar-refractivity contribution in [2.45, 2.75) is 25.9 Å². The Morgan fingerprint density at radius 2 is 1.89 bits per heavy atom. The van der Waals surface area contributed by atoms with E-state index in [0.29, 0.717) is 12.0 Å². The van der Waals surface area contributed by atoms with Crippen LogP contribution in [0.4, 0.5) is 4.39 Å². The van der Waals surface area contributed by atoms with Gasteiger partial charge >= 0.3 is 0 Å². The molecular formula is C13H20FNO3S. The Bertz CT molecular complexity index is 487. The molecule has 0 aromatic heterocycles. The van der Waals surface area contributed by atoms with E-state index in [9.17, 15) is 17.9 Å². The zero-order valence-corrected chi connectivity index (χ0v) is 12.0. The summed E-state index contributed by atoms with van der Waals surface area (Å²) in [5, 5.41) is 9.94. The first-order valence-corrected chi connectivity index (χ1v) is 7.85. The van der Waals surface area contributed by atoms with Crippen LogP contribution < -0.4 is 0 Å². The van der Waals surface area contributed by atoms with Crippen LogP contribution >= 0.6 is 0 Å². The van der Waals surface area contributed by atoms with Crippen molar-refractivity contribution in [3.63, 3.8) is 0 Å². The molecule has 0 radical (unpaired) electrons. The Morgan fingerprint density at radius 1 is 1.32 bits per heavy atom. The summed E-state index contributed by atoms with van der Waals surface area (Å²) in [4.78, 5) is 0. The van der Waals surface area contributed by atoms with Crippen molar-refractivity contribution in [2.75, 3.05) is 19.3 Å². The zero-order chi connectivity index (χ0) is 14.5. The molecular weight excluding hydrogens is 269 g/mol. The topological polar surface area (TPSA) is 57.6 Å². The Kier molecular flexibility index (Phi) is 5.90. The average molecular weight is 289 g/mol. The summed E-state index contributed by atoms with van der Waals surface area (Å²) >= 11 is 0. The van der Waals surface area contributed by atoms with E-state index < -0.39 is 16.1 Å². The van der Waals surface area contributed by atoms with E-state index in [1.165, 1.54) is 31.3 Å². The van der Waals surface area contributed by atoms with Crippen molar-refractivity contribution in [2.24, 2.45) is 0 Å². The quantitative estimate of drug-likeness (QED) is 0.834. The first-order chi connectivity index (χ1) is 8.86. The lowest BCUT2D eigenvalue weighted by molar-refractivity contribution is 0.155. The first kappa shape index (κ1) is 16.1. The fraction of sp³-hybridized carbons (Fsp3) is 0.538. The highest BCUT2D eigenvalue weighted by molar-refractivity contribution is 7.89. The molecule has 1 aromatic rings. The highest BCUT2D eigenvalue weighted by atomic mass is 32.2. The van der Waals surface area contributed by atoms with Crippen molar-refractivity contribution in [3.8, 4) is 0 Å². The van der Waals surface area contributed by atoms with Gasteiger partial charge in [0.2, 0.25) is 10.0 Å². The monoisotopic (exact) mass is 289 g/mol. The third-order valence-corrected chi connectivity index (χ3v) is 4.82. The molecule has 1 aromatic carbocycles. The molecule has 108 valence electrons. The van der Waals surface area contributed by atoms with Crippen molar-refractivity contribution >= 4 is 10.0 Å². The number of likely N-dealkylation sites (N-methyl/N-ethyl adjacent to an activating group) is 1. The van der Waals surface area contributed by atoms with Crippen LogP contribution in [-0.4, -0.2) is 37.2 Å². The number of hydrogen-bond donors (Lipinski definition) is 1. The zero-order valence-electron chi connectivity index (χ0n) is 11.2. The van der Waals surface area contributed by atoms with E-state index in [-0.39, 0.29) is 18.1 Å². The lowest BCUT2D eigenvalue weighted by Crippen LogP contribution is -2.33. The molecule has 0 saturated carbocycles. The number of benzene rings is 1. The second kappa shape index (κ2) is 6.98. The van der Waals surface area contributed by atoms with Gasteiger partial charge in [0.15, 0.2) is 0 Å². The van der Waals surface area contributed by atoms with Crippen LogP contribution in [0.5, 0.6) is 0 Å². The van der Waals surface area contributed by atoms with E-state index in [2.05, 4.69) is 0 Å². The van der Waals surface area contributed by atoms with Gasteiger partial charge in [0.05, 0.1) is 11.9 Å². The molecule has 0 amide bonds. The second-order valence-corrected chi connectivity index (χ2v) is 6.71. The van der Waals surface area contributed by atoms with Crippen LogP contribution in [0.25, 0.3) is 0 Å². The minimum Gasteiger partial charge on any atom is -0.387 e. The van der Waals surface area contributed by atoms with Crippen LogP contribution in [0.1, 0.15) is 31.4 Å². The molecule has 0 unspecified atom stereocenters. The van der Waals surface area contributed by atoms with E-state index in [1.807, 2.05) is 6.92 Å². The molecule has 0 heterocycles. The minimum atomic E-state index is -3.33. The summed E-state index contributed by atoms with van der Waals surface area (Å²) in [7, 11) is -1.89. The van der Waals surface area contributed by atoms with Gasteiger partial charge in [-0.25, -0.2) is 17.1 Å². The van der Waals surface area contributed by atoms with Crippen LogP contribution in [0.15, 0.2) is 24.3 Å². The summed E-state index contributed by atoms with van der Waals surface area (Å²) in [5.41, 5.74) is 0.499. The summed E-state index contributed by atoms with van der Waals surface area (Å²) in [5.74, 6) is -0.310. The normalized spacial score (nSPS) is 13.7.